The molecular formula is C22H25N3O6S. The minimum absolute atomic E-state index is 0.00562. The van der Waals surface area contributed by atoms with Gasteiger partial charge >= 0.3 is 0 Å². The zero-order chi connectivity index (χ0) is 22.7. The fourth-order valence-electron chi connectivity index (χ4n) is 3.78. The highest BCUT2D eigenvalue weighted by Crippen LogP contribution is 2.32. The van der Waals surface area contributed by atoms with E-state index in [0.717, 1.165) is 6.42 Å². The summed E-state index contributed by atoms with van der Waals surface area (Å²) in [6.07, 6.45) is 1.89. The number of primary amides is 1. The van der Waals surface area contributed by atoms with E-state index < -0.39 is 27.8 Å². The number of nitrogens with zero attached hydrogens (tertiary/aromatic N) is 1. The predicted octanol–water partition coefficient (Wildman–Crippen LogP) is 1.99. The van der Waals surface area contributed by atoms with Crippen molar-refractivity contribution in [1.29, 1.82) is 0 Å². The molecule has 2 amide bonds. The number of amides is 2. The van der Waals surface area contributed by atoms with Gasteiger partial charge in [0.05, 0.1) is 24.0 Å². The topological polar surface area (TPSA) is 128 Å². The molecule has 2 aromatic carbocycles. The van der Waals surface area contributed by atoms with E-state index in [1.807, 2.05) is 0 Å². The number of nitrogens with one attached hydrogen (secondary N) is 1. The molecule has 2 aliphatic heterocycles. The number of piperidine rings is 1. The van der Waals surface area contributed by atoms with Crippen molar-refractivity contribution in [3.05, 3.63) is 48.0 Å². The monoisotopic (exact) mass is 459 g/mol. The molecule has 3 N–H and O–H groups in total. The Bertz CT molecular complexity index is 1130. The molecule has 0 saturated carbocycles. The maximum atomic E-state index is 13.1. The lowest BCUT2D eigenvalue weighted by atomic mass is 9.99. The van der Waals surface area contributed by atoms with Crippen LogP contribution in [0.25, 0.3) is 0 Å². The molecular weight excluding hydrogens is 434 g/mol. The lowest BCUT2D eigenvalue weighted by Crippen LogP contribution is -2.44. The fraction of sp³-hybridized carbons (Fsp3) is 0.364. The Morgan fingerprint density at radius 2 is 1.81 bits per heavy atom. The molecule has 0 bridgehead atoms. The van der Waals surface area contributed by atoms with Crippen molar-refractivity contribution in [1.82, 2.24) is 4.31 Å². The molecule has 2 aliphatic rings. The van der Waals surface area contributed by atoms with Gasteiger partial charge in [0, 0.05) is 36.8 Å². The summed E-state index contributed by atoms with van der Waals surface area (Å²) in [7, 11) is -3.86. The summed E-state index contributed by atoms with van der Waals surface area (Å²) >= 11 is 0. The molecule has 32 heavy (non-hydrogen) atoms. The Labute approximate surface area is 186 Å². The molecule has 0 aromatic heterocycles. The first-order valence-electron chi connectivity index (χ1n) is 10.4. The summed E-state index contributed by atoms with van der Waals surface area (Å²) in [6.45, 7) is 1.44. The van der Waals surface area contributed by atoms with Gasteiger partial charge in [-0.1, -0.05) is 6.07 Å². The number of ether oxygens (including phenoxy) is 2. The molecule has 0 radical (unpaired) electrons. The summed E-state index contributed by atoms with van der Waals surface area (Å²) in [6, 6.07) is 10.9. The van der Waals surface area contributed by atoms with Gasteiger partial charge < -0.3 is 20.5 Å². The van der Waals surface area contributed by atoms with Crippen molar-refractivity contribution in [3.63, 3.8) is 0 Å². The number of hydrogen-bond donors (Lipinski definition) is 2. The lowest BCUT2D eigenvalue weighted by Gasteiger charge is -2.30. The third-order valence-electron chi connectivity index (χ3n) is 5.53. The first-order chi connectivity index (χ1) is 15.3. The molecule has 10 heteroatoms. The maximum Gasteiger partial charge on any atom is 0.255 e. The smallest absolute Gasteiger partial charge is 0.255 e. The van der Waals surface area contributed by atoms with Crippen LogP contribution in [-0.2, 0) is 14.8 Å². The predicted molar refractivity (Wildman–Crippen MR) is 117 cm³/mol. The molecule has 2 aromatic rings. The number of carbonyl (C=O) groups is 2. The Hall–Kier alpha value is -3.11. The number of hydrogen-bond acceptors (Lipinski definition) is 6. The normalized spacial score (nSPS) is 19.1. The zero-order valence-electron chi connectivity index (χ0n) is 17.5. The van der Waals surface area contributed by atoms with E-state index in [0.29, 0.717) is 49.8 Å². The van der Waals surface area contributed by atoms with Gasteiger partial charge in [0.15, 0.2) is 11.5 Å². The third-order valence-corrected chi connectivity index (χ3v) is 7.39. The summed E-state index contributed by atoms with van der Waals surface area (Å²) in [4.78, 5) is 24.3. The third kappa shape index (κ3) is 4.71. The second kappa shape index (κ2) is 9.17. The van der Waals surface area contributed by atoms with Crippen LogP contribution in [0.15, 0.2) is 47.4 Å². The number of benzene rings is 2. The Kier molecular flexibility index (Phi) is 6.33. The van der Waals surface area contributed by atoms with E-state index in [1.54, 1.807) is 24.3 Å². The van der Waals surface area contributed by atoms with Crippen molar-refractivity contribution in [2.24, 2.45) is 11.7 Å². The first kappa shape index (κ1) is 22.1. The van der Waals surface area contributed by atoms with Crippen LogP contribution in [0.5, 0.6) is 11.5 Å². The average Bonchev–Trinajstić information content (AvgIpc) is 3.04. The summed E-state index contributed by atoms with van der Waals surface area (Å²) < 4.78 is 38.7. The van der Waals surface area contributed by atoms with Crippen molar-refractivity contribution >= 4 is 27.5 Å². The Morgan fingerprint density at radius 1 is 1.03 bits per heavy atom. The van der Waals surface area contributed by atoms with Crippen molar-refractivity contribution in [3.8, 4) is 11.5 Å². The van der Waals surface area contributed by atoms with Crippen LogP contribution in [0.4, 0.5) is 5.69 Å². The van der Waals surface area contributed by atoms with Gasteiger partial charge in [-0.2, -0.15) is 4.31 Å². The van der Waals surface area contributed by atoms with Gasteiger partial charge in [0.25, 0.3) is 5.91 Å². The number of fused-ring (bicyclic) bond motifs is 1. The van der Waals surface area contributed by atoms with E-state index in [-0.39, 0.29) is 17.0 Å². The zero-order valence-corrected chi connectivity index (χ0v) is 18.3. The van der Waals surface area contributed by atoms with Crippen LogP contribution in [0.3, 0.4) is 0 Å². The molecule has 0 unspecified atom stereocenters. The van der Waals surface area contributed by atoms with Crippen molar-refractivity contribution in [2.75, 3.05) is 31.6 Å². The minimum atomic E-state index is -3.86. The highest BCUT2D eigenvalue weighted by Gasteiger charge is 2.32. The second-order valence-electron chi connectivity index (χ2n) is 7.80. The van der Waals surface area contributed by atoms with Gasteiger partial charge in [0.2, 0.25) is 15.9 Å². The largest absolute Gasteiger partial charge is 0.490 e. The van der Waals surface area contributed by atoms with Crippen LogP contribution in [-0.4, -0.2) is 50.8 Å². The molecule has 0 aliphatic carbocycles. The SMILES string of the molecule is NC(=O)[C@@H]1CCCN(S(=O)(=O)c2cccc(C(=O)Nc3ccc4c(c3)OCCCO4)c2)C1. The average molecular weight is 460 g/mol. The van der Waals surface area contributed by atoms with E-state index in [1.165, 1.54) is 22.5 Å². The lowest BCUT2D eigenvalue weighted by molar-refractivity contribution is -0.122. The number of nitrogens with two attached hydrogens (primary N) is 1. The number of carbonyl (C=O) groups excluding carboxylic acids is 2. The van der Waals surface area contributed by atoms with Gasteiger partial charge in [-0.05, 0) is 43.2 Å². The van der Waals surface area contributed by atoms with E-state index in [2.05, 4.69) is 5.32 Å². The molecule has 2 heterocycles. The van der Waals surface area contributed by atoms with Gasteiger partial charge in [-0.3, -0.25) is 9.59 Å². The van der Waals surface area contributed by atoms with Crippen LogP contribution in [0.1, 0.15) is 29.6 Å². The fourth-order valence-corrected chi connectivity index (χ4v) is 5.35. The summed E-state index contributed by atoms with van der Waals surface area (Å²) in [5.41, 5.74) is 6.07. The minimum Gasteiger partial charge on any atom is -0.490 e. The number of anilines is 1. The van der Waals surface area contributed by atoms with Gasteiger partial charge in [-0.15, -0.1) is 0 Å². The molecule has 170 valence electrons. The standard InChI is InChI=1S/C22H25N3O6S/c23-21(26)16-5-2-9-25(14-16)32(28,29)18-6-1-4-15(12-18)22(27)24-17-7-8-19-20(13-17)31-11-3-10-30-19/h1,4,6-8,12-13,16H,2-3,5,9-11,14H2,(H2,23,26)(H,24,27)/t16-/m1/s1. The molecule has 1 saturated heterocycles. The molecule has 9 nitrogen and oxygen atoms in total. The summed E-state index contributed by atoms with van der Waals surface area (Å²) in [5.74, 6) is -0.308. The van der Waals surface area contributed by atoms with Crippen molar-refractivity contribution in [2.45, 2.75) is 24.2 Å². The molecule has 0 spiro atoms. The second-order valence-corrected chi connectivity index (χ2v) is 9.74. The maximum absolute atomic E-state index is 13.1. The van der Waals surface area contributed by atoms with E-state index in [4.69, 9.17) is 15.2 Å². The molecule has 1 atom stereocenters. The van der Waals surface area contributed by atoms with Gasteiger partial charge in [0.1, 0.15) is 0 Å². The molecule has 4 rings (SSSR count). The highest BCUT2D eigenvalue weighted by atomic mass is 32.2. The summed E-state index contributed by atoms with van der Waals surface area (Å²) in [5, 5.41) is 2.76. The van der Waals surface area contributed by atoms with Crippen LogP contribution in [0.2, 0.25) is 0 Å². The van der Waals surface area contributed by atoms with Crippen LogP contribution in [0, 0.1) is 5.92 Å². The Morgan fingerprint density at radius 3 is 2.59 bits per heavy atom. The van der Waals surface area contributed by atoms with Crippen LogP contribution >= 0.6 is 0 Å². The number of rotatable bonds is 5. The Balaban J connectivity index is 1.52. The quantitative estimate of drug-likeness (QED) is 0.704. The van der Waals surface area contributed by atoms with Gasteiger partial charge in [-0.25, -0.2) is 8.42 Å². The first-order valence-corrected chi connectivity index (χ1v) is 11.9. The highest BCUT2D eigenvalue weighted by molar-refractivity contribution is 7.89. The number of sulfonamides is 1. The van der Waals surface area contributed by atoms with E-state index in [9.17, 15) is 18.0 Å². The van der Waals surface area contributed by atoms with Crippen molar-refractivity contribution < 1.29 is 27.5 Å². The van der Waals surface area contributed by atoms with Crippen LogP contribution < -0.4 is 20.5 Å². The molecule has 1 fully saturated rings. The van der Waals surface area contributed by atoms with E-state index >= 15 is 0 Å².